The fourth-order valence-corrected chi connectivity index (χ4v) is 4.82. The number of hydrogen-bond donors (Lipinski definition) is 2. The van der Waals surface area contributed by atoms with Crippen molar-refractivity contribution in [3.8, 4) is 5.69 Å². The molecule has 0 spiro atoms. The minimum absolute atomic E-state index is 0.177. The SMILES string of the molecule is O=C(CC1CC2CCC(C1)N2)NCc1ccc(-n2cnc3ccccc32)cc1. The van der Waals surface area contributed by atoms with Gasteiger partial charge in [0.05, 0.1) is 11.0 Å². The Balaban J connectivity index is 1.18. The molecular weight excluding hydrogens is 348 g/mol. The van der Waals surface area contributed by atoms with Gasteiger partial charge in [0.15, 0.2) is 0 Å². The van der Waals surface area contributed by atoms with E-state index in [-0.39, 0.29) is 5.91 Å². The molecule has 2 saturated heterocycles. The number of piperidine rings is 1. The smallest absolute Gasteiger partial charge is 0.220 e. The van der Waals surface area contributed by atoms with Gasteiger partial charge in [0, 0.05) is 30.7 Å². The van der Waals surface area contributed by atoms with Gasteiger partial charge in [-0.1, -0.05) is 24.3 Å². The standard InChI is InChI=1S/C23H26N4O/c28-23(13-17-11-18-7-8-19(12-17)26-18)24-14-16-5-9-20(10-6-16)27-15-25-21-3-1-2-4-22(21)27/h1-6,9-10,15,17-19,26H,7-8,11-14H2,(H,24,28). The molecule has 2 aliphatic heterocycles. The van der Waals surface area contributed by atoms with Crippen molar-refractivity contribution in [2.45, 2.75) is 50.7 Å². The van der Waals surface area contributed by atoms with Crippen molar-refractivity contribution < 1.29 is 4.79 Å². The fourth-order valence-electron chi connectivity index (χ4n) is 4.82. The number of rotatable bonds is 5. The minimum atomic E-state index is 0.177. The van der Waals surface area contributed by atoms with Crippen LogP contribution in [0.15, 0.2) is 54.9 Å². The average molecular weight is 374 g/mol. The van der Waals surface area contributed by atoms with Crippen LogP contribution in [0.5, 0.6) is 0 Å². The molecule has 1 amide bonds. The fraction of sp³-hybridized carbons (Fsp3) is 0.391. The summed E-state index contributed by atoms with van der Waals surface area (Å²) in [5.74, 6) is 0.714. The highest BCUT2D eigenvalue weighted by molar-refractivity contribution is 5.77. The summed E-state index contributed by atoms with van der Waals surface area (Å²) >= 11 is 0. The molecule has 2 aromatic carbocycles. The Labute approximate surface area is 165 Å². The van der Waals surface area contributed by atoms with E-state index in [4.69, 9.17) is 0 Å². The Morgan fingerprint density at radius 1 is 1.07 bits per heavy atom. The highest BCUT2D eigenvalue weighted by Crippen LogP contribution is 2.32. The summed E-state index contributed by atoms with van der Waals surface area (Å²) in [5.41, 5.74) is 4.28. The molecule has 2 fully saturated rings. The maximum absolute atomic E-state index is 12.4. The first-order valence-corrected chi connectivity index (χ1v) is 10.3. The van der Waals surface area contributed by atoms with Crippen molar-refractivity contribution in [2.24, 2.45) is 5.92 Å². The van der Waals surface area contributed by atoms with Crippen LogP contribution in [0.4, 0.5) is 0 Å². The zero-order chi connectivity index (χ0) is 18.9. The van der Waals surface area contributed by atoms with Crippen LogP contribution in [0, 0.1) is 5.92 Å². The molecule has 5 rings (SSSR count). The van der Waals surface area contributed by atoms with E-state index in [9.17, 15) is 4.79 Å². The van der Waals surface area contributed by atoms with Gasteiger partial charge < -0.3 is 10.6 Å². The predicted molar refractivity (Wildman–Crippen MR) is 110 cm³/mol. The third kappa shape index (κ3) is 3.54. The van der Waals surface area contributed by atoms with Crippen molar-refractivity contribution in [3.63, 3.8) is 0 Å². The number of hydrogen-bond acceptors (Lipinski definition) is 3. The van der Waals surface area contributed by atoms with Crippen LogP contribution in [0.25, 0.3) is 16.7 Å². The van der Waals surface area contributed by atoms with E-state index in [0.29, 0.717) is 31.0 Å². The lowest BCUT2D eigenvalue weighted by Gasteiger charge is -2.28. The largest absolute Gasteiger partial charge is 0.352 e. The number of nitrogens with zero attached hydrogens (tertiary/aromatic N) is 2. The van der Waals surface area contributed by atoms with Gasteiger partial charge >= 0.3 is 0 Å². The first-order valence-electron chi connectivity index (χ1n) is 10.3. The predicted octanol–water partition coefficient (Wildman–Crippen LogP) is 3.56. The molecule has 144 valence electrons. The summed E-state index contributed by atoms with van der Waals surface area (Å²) in [6.45, 7) is 0.585. The van der Waals surface area contributed by atoms with Crippen molar-refractivity contribution in [2.75, 3.05) is 0 Å². The number of imidazole rings is 1. The van der Waals surface area contributed by atoms with E-state index in [0.717, 1.165) is 35.1 Å². The van der Waals surface area contributed by atoms with Gasteiger partial charge in [0.25, 0.3) is 0 Å². The van der Waals surface area contributed by atoms with E-state index >= 15 is 0 Å². The number of benzene rings is 2. The minimum Gasteiger partial charge on any atom is -0.352 e. The summed E-state index contributed by atoms with van der Waals surface area (Å²) in [4.78, 5) is 16.8. The Bertz CT molecular complexity index is 966. The summed E-state index contributed by atoms with van der Waals surface area (Å²) in [6, 6.07) is 17.7. The lowest BCUT2D eigenvalue weighted by Crippen LogP contribution is -2.39. The van der Waals surface area contributed by atoms with Gasteiger partial charge in [0.1, 0.15) is 6.33 Å². The van der Waals surface area contributed by atoms with Gasteiger partial charge in [-0.3, -0.25) is 9.36 Å². The highest BCUT2D eigenvalue weighted by Gasteiger charge is 2.34. The number of carbonyl (C=O) groups excluding carboxylic acids is 1. The molecule has 1 aromatic heterocycles. The third-order valence-electron chi connectivity index (χ3n) is 6.20. The van der Waals surface area contributed by atoms with E-state index in [1.807, 2.05) is 24.5 Å². The lowest BCUT2D eigenvalue weighted by molar-refractivity contribution is -0.122. The quantitative estimate of drug-likeness (QED) is 0.718. The molecule has 2 unspecified atom stereocenters. The second-order valence-electron chi connectivity index (χ2n) is 8.23. The van der Waals surface area contributed by atoms with Crippen LogP contribution < -0.4 is 10.6 Å². The lowest BCUT2D eigenvalue weighted by atomic mass is 9.89. The number of fused-ring (bicyclic) bond motifs is 3. The molecule has 2 atom stereocenters. The van der Waals surface area contributed by atoms with Crippen LogP contribution >= 0.6 is 0 Å². The first-order chi connectivity index (χ1) is 13.7. The second-order valence-corrected chi connectivity index (χ2v) is 8.23. The number of aromatic nitrogens is 2. The van der Waals surface area contributed by atoms with Gasteiger partial charge in [-0.05, 0) is 61.4 Å². The van der Waals surface area contributed by atoms with Crippen molar-refractivity contribution in [3.05, 3.63) is 60.4 Å². The van der Waals surface area contributed by atoms with E-state index in [2.05, 4.69) is 50.5 Å². The monoisotopic (exact) mass is 374 g/mol. The van der Waals surface area contributed by atoms with E-state index in [1.54, 1.807) is 0 Å². The second kappa shape index (κ2) is 7.40. The zero-order valence-electron chi connectivity index (χ0n) is 16.0. The zero-order valence-corrected chi connectivity index (χ0v) is 16.0. The molecule has 28 heavy (non-hydrogen) atoms. The normalized spacial score (nSPS) is 23.8. The molecule has 2 N–H and O–H groups in total. The number of nitrogens with one attached hydrogen (secondary N) is 2. The Morgan fingerprint density at radius 2 is 1.82 bits per heavy atom. The molecule has 0 radical (unpaired) electrons. The molecule has 3 heterocycles. The molecule has 5 heteroatoms. The van der Waals surface area contributed by atoms with Gasteiger partial charge in [0.2, 0.25) is 5.91 Å². The molecule has 2 bridgehead atoms. The number of amides is 1. The summed E-state index contributed by atoms with van der Waals surface area (Å²) in [6.07, 6.45) is 7.37. The Morgan fingerprint density at radius 3 is 2.61 bits per heavy atom. The van der Waals surface area contributed by atoms with E-state index < -0.39 is 0 Å². The summed E-state index contributed by atoms with van der Waals surface area (Å²) < 4.78 is 2.09. The van der Waals surface area contributed by atoms with Crippen LogP contribution in [-0.2, 0) is 11.3 Å². The van der Waals surface area contributed by atoms with Crippen molar-refractivity contribution in [1.29, 1.82) is 0 Å². The molecule has 3 aromatic rings. The highest BCUT2D eigenvalue weighted by atomic mass is 16.1. The van der Waals surface area contributed by atoms with Crippen LogP contribution in [0.1, 0.15) is 37.7 Å². The van der Waals surface area contributed by atoms with Crippen LogP contribution in [0.2, 0.25) is 0 Å². The van der Waals surface area contributed by atoms with Crippen LogP contribution in [-0.4, -0.2) is 27.5 Å². The third-order valence-corrected chi connectivity index (χ3v) is 6.20. The maximum atomic E-state index is 12.4. The molecule has 5 nitrogen and oxygen atoms in total. The Hall–Kier alpha value is -2.66. The number of para-hydroxylation sites is 2. The average Bonchev–Trinajstić information content (AvgIpc) is 3.30. The molecule has 0 aliphatic carbocycles. The maximum Gasteiger partial charge on any atom is 0.220 e. The summed E-state index contributed by atoms with van der Waals surface area (Å²) in [7, 11) is 0. The number of carbonyl (C=O) groups is 1. The van der Waals surface area contributed by atoms with Crippen molar-refractivity contribution >= 4 is 16.9 Å². The Kier molecular flexibility index (Phi) is 4.61. The van der Waals surface area contributed by atoms with Gasteiger partial charge in [-0.25, -0.2) is 4.98 Å². The first kappa shape index (κ1) is 17.4. The van der Waals surface area contributed by atoms with Gasteiger partial charge in [-0.15, -0.1) is 0 Å². The van der Waals surface area contributed by atoms with Crippen LogP contribution in [0.3, 0.4) is 0 Å². The molecule has 2 aliphatic rings. The van der Waals surface area contributed by atoms with E-state index in [1.165, 1.54) is 12.8 Å². The topological polar surface area (TPSA) is 59.0 Å². The molecular formula is C23H26N4O. The van der Waals surface area contributed by atoms with Crippen molar-refractivity contribution in [1.82, 2.24) is 20.2 Å². The van der Waals surface area contributed by atoms with Gasteiger partial charge in [-0.2, -0.15) is 0 Å². The molecule has 0 saturated carbocycles. The summed E-state index contributed by atoms with van der Waals surface area (Å²) in [5, 5.41) is 6.74.